The van der Waals surface area contributed by atoms with Crippen LogP contribution in [-0.2, 0) is 17.7 Å². The monoisotopic (exact) mass is 497 g/mol. The molecule has 2 aromatic rings. The Morgan fingerprint density at radius 3 is 2.75 bits per heavy atom. The van der Waals surface area contributed by atoms with Crippen molar-refractivity contribution < 1.29 is 23.8 Å². The quantitative estimate of drug-likeness (QED) is 0.538. The van der Waals surface area contributed by atoms with Crippen molar-refractivity contribution in [1.29, 1.82) is 0 Å². The molecule has 0 spiro atoms. The van der Waals surface area contributed by atoms with Crippen LogP contribution in [0.4, 0.5) is 9.18 Å². The zero-order valence-electron chi connectivity index (χ0n) is 21.0. The molecular weight excluding hydrogens is 465 g/mol. The maximum atomic E-state index is 14.7. The standard InChI is InChI=1S/C26H32FN5O4/c1-16(2)36-26(35)31-10-9-20-12-23(27)22(11-21(20)13-31)25(34)29-18(4)8-6-7-17(3)24-30-28-15-32(24)19(5)14-33/h6-8,11-12,15-16,19,33H,4,9-10,13-14H2,1-3,5H3,(H,29,34)/b8-6-,17-7+. The lowest BCUT2D eigenvalue weighted by atomic mass is 9.96. The molecule has 9 nitrogen and oxygen atoms in total. The molecule has 2 amide bonds. The van der Waals surface area contributed by atoms with Crippen molar-refractivity contribution in [1.82, 2.24) is 25.0 Å². The lowest BCUT2D eigenvalue weighted by molar-refractivity contribution is 0.0729. The molecule has 10 heteroatoms. The first-order chi connectivity index (χ1) is 17.1. The van der Waals surface area contributed by atoms with Gasteiger partial charge in [-0.3, -0.25) is 4.79 Å². The molecule has 192 valence electrons. The van der Waals surface area contributed by atoms with Crippen LogP contribution in [0.3, 0.4) is 0 Å². The van der Waals surface area contributed by atoms with Gasteiger partial charge in [0.05, 0.1) is 24.3 Å². The lowest BCUT2D eigenvalue weighted by Gasteiger charge is -2.29. The van der Waals surface area contributed by atoms with Crippen molar-refractivity contribution in [2.75, 3.05) is 13.2 Å². The second-order valence-electron chi connectivity index (χ2n) is 8.99. The summed E-state index contributed by atoms with van der Waals surface area (Å²) in [5, 5.41) is 19.9. The van der Waals surface area contributed by atoms with Gasteiger partial charge in [0.1, 0.15) is 12.1 Å². The zero-order chi connectivity index (χ0) is 26.4. The Balaban J connectivity index is 1.67. The minimum Gasteiger partial charge on any atom is -0.447 e. The maximum Gasteiger partial charge on any atom is 0.410 e. The number of aliphatic hydroxyl groups excluding tert-OH is 1. The first-order valence-electron chi connectivity index (χ1n) is 11.7. The number of nitrogens with one attached hydrogen (secondary N) is 1. The van der Waals surface area contributed by atoms with Gasteiger partial charge in [-0.15, -0.1) is 10.2 Å². The number of hydrogen-bond acceptors (Lipinski definition) is 6. The molecule has 3 rings (SSSR count). The number of nitrogens with zero attached hydrogens (tertiary/aromatic N) is 4. The minimum absolute atomic E-state index is 0.0453. The van der Waals surface area contributed by atoms with Crippen LogP contribution in [0.1, 0.15) is 61.0 Å². The summed E-state index contributed by atoms with van der Waals surface area (Å²) in [6, 6.07) is 2.66. The Bertz CT molecular complexity index is 1200. The Kier molecular flexibility index (Phi) is 8.76. The van der Waals surface area contributed by atoms with Crippen molar-refractivity contribution in [2.45, 2.75) is 52.8 Å². The fraction of sp³-hybridized carbons (Fsp3) is 0.385. The average Bonchev–Trinajstić information content (AvgIpc) is 3.32. The Hall–Kier alpha value is -3.79. The normalized spacial score (nSPS) is 14.6. The number of aromatic nitrogens is 3. The summed E-state index contributed by atoms with van der Waals surface area (Å²) < 4.78 is 21.7. The van der Waals surface area contributed by atoms with E-state index in [1.54, 1.807) is 47.9 Å². The first-order valence-corrected chi connectivity index (χ1v) is 11.7. The van der Waals surface area contributed by atoms with Gasteiger partial charge in [0.2, 0.25) is 0 Å². The van der Waals surface area contributed by atoms with Crippen LogP contribution in [0.25, 0.3) is 5.57 Å². The number of ether oxygens (including phenoxy) is 1. The molecule has 1 atom stereocenters. The fourth-order valence-electron chi connectivity index (χ4n) is 3.76. The summed E-state index contributed by atoms with van der Waals surface area (Å²) in [5.41, 5.74) is 2.41. The molecule has 0 saturated carbocycles. The van der Waals surface area contributed by atoms with Crippen LogP contribution >= 0.6 is 0 Å². The number of carbonyl (C=O) groups excluding carboxylic acids is 2. The highest BCUT2D eigenvalue weighted by molar-refractivity contribution is 5.96. The van der Waals surface area contributed by atoms with E-state index in [1.165, 1.54) is 12.1 Å². The van der Waals surface area contributed by atoms with E-state index in [9.17, 15) is 19.1 Å². The number of hydrogen-bond donors (Lipinski definition) is 2. The zero-order valence-corrected chi connectivity index (χ0v) is 21.0. The number of halogens is 1. The summed E-state index contributed by atoms with van der Waals surface area (Å²) in [5.74, 6) is -0.656. The van der Waals surface area contributed by atoms with Crippen LogP contribution in [0, 0.1) is 5.82 Å². The topological polar surface area (TPSA) is 110 Å². The van der Waals surface area contributed by atoms with Crippen molar-refractivity contribution in [3.05, 3.63) is 77.3 Å². The third-order valence-electron chi connectivity index (χ3n) is 5.72. The van der Waals surface area contributed by atoms with Gasteiger partial charge in [0, 0.05) is 18.8 Å². The number of carbonyl (C=O) groups is 2. The lowest BCUT2D eigenvalue weighted by Crippen LogP contribution is -2.37. The molecule has 1 aliphatic heterocycles. The molecular formula is C26H32FN5O4. The van der Waals surface area contributed by atoms with Crippen LogP contribution in [-0.4, -0.2) is 56.0 Å². The van der Waals surface area contributed by atoms with Gasteiger partial charge in [-0.25, -0.2) is 9.18 Å². The first kappa shape index (κ1) is 26.8. The van der Waals surface area contributed by atoms with Crippen molar-refractivity contribution in [3.8, 4) is 0 Å². The van der Waals surface area contributed by atoms with Gasteiger partial charge < -0.3 is 24.6 Å². The summed E-state index contributed by atoms with van der Waals surface area (Å²) in [6.07, 6.45) is 6.39. The van der Waals surface area contributed by atoms with Crippen LogP contribution in [0.2, 0.25) is 0 Å². The van der Waals surface area contributed by atoms with E-state index >= 15 is 0 Å². The number of aliphatic hydroxyl groups is 1. The third-order valence-corrected chi connectivity index (χ3v) is 5.72. The molecule has 2 N–H and O–H groups in total. The van der Waals surface area contributed by atoms with E-state index < -0.39 is 17.8 Å². The number of fused-ring (bicyclic) bond motifs is 1. The van der Waals surface area contributed by atoms with Gasteiger partial charge in [-0.05, 0) is 69.0 Å². The third kappa shape index (κ3) is 6.45. The second-order valence-corrected chi connectivity index (χ2v) is 8.99. The summed E-state index contributed by atoms with van der Waals surface area (Å²) in [7, 11) is 0. The highest BCUT2D eigenvalue weighted by atomic mass is 19.1. The second kappa shape index (κ2) is 11.8. The summed E-state index contributed by atoms with van der Waals surface area (Å²) >= 11 is 0. The van der Waals surface area contributed by atoms with E-state index in [2.05, 4.69) is 22.1 Å². The molecule has 0 saturated heterocycles. The molecule has 36 heavy (non-hydrogen) atoms. The van der Waals surface area contributed by atoms with Crippen molar-refractivity contribution >= 4 is 17.6 Å². The molecule has 1 aromatic heterocycles. The molecule has 0 aliphatic carbocycles. The predicted octanol–water partition coefficient (Wildman–Crippen LogP) is 3.78. The molecule has 1 unspecified atom stereocenters. The SMILES string of the molecule is C=C(/C=C\C=C(/C)c1nncn1C(C)CO)NC(=O)c1cc2c(cc1F)CCN(C(=O)OC(C)C)C2. The Labute approximate surface area is 210 Å². The van der Waals surface area contributed by atoms with E-state index in [1.807, 2.05) is 13.8 Å². The van der Waals surface area contributed by atoms with Gasteiger partial charge in [0.15, 0.2) is 5.82 Å². The Morgan fingerprint density at radius 1 is 1.31 bits per heavy atom. The molecule has 0 fully saturated rings. The highest BCUT2D eigenvalue weighted by Gasteiger charge is 2.25. The molecule has 1 aliphatic rings. The number of rotatable bonds is 8. The van der Waals surface area contributed by atoms with Gasteiger partial charge in [-0.2, -0.15) is 0 Å². The van der Waals surface area contributed by atoms with Crippen LogP contribution in [0.5, 0.6) is 0 Å². The average molecular weight is 498 g/mol. The van der Waals surface area contributed by atoms with Crippen molar-refractivity contribution in [3.63, 3.8) is 0 Å². The number of allylic oxidation sites excluding steroid dienone is 4. The van der Waals surface area contributed by atoms with Crippen LogP contribution in [0.15, 0.2) is 49.0 Å². The van der Waals surface area contributed by atoms with E-state index in [4.69, 9.17) is 4.74 Å². The fourth-order valence-corrected chi connectivity index (χ4v) is 3.76. The summed E-state index contributed by atoms with van der Waals surface area (Å²) in [6.45, 7) is 11.7. The molecule has 2 heterocycles. The number of benzene rings is 1. The highest BCUT2D eigenvalue weighted by Crippen LogP contribution is 2.24. The van der Waals surface area contributed by atoms with E-state index in [0.29, 0.717) is 24.4 Å². The Morgan fingerprint density at radius 2 is 2.06 bits per heavy atom. The number of amides is 2. The molecule has 0 bridgehead atoms. The maximum absolute atomic E-state index is 14.7. The van der Waals surface area contributed by atoms with Crippen LogP contribution < -0.4 is 5.32 Å². The molecule has 0 radical (unpaired) electrons. The molecule has 1 aromatic carbocycles. The van der Waals surface area contributed by atoms with Gasteiger partial charge >= 0.3 is 6.09 Å². The predicted molar refractivity (Wildman–Crippen MR) is 133 cm³/mol. The smallest absolute Gasteiger partial charge is 0.410 e. The largest absolute Gasteiger partial charge is 0.447 e. The summed E-state index contributed by atoms with van der Waals surface area (Å²) in [4.78, 5) is 26.5. The van der Waals surface area contributed by atoms with Gasteiger partial charge in [-0.1, -0.05) is 18.7 Å². The van der Waals surface area contributed by atoms with Gasteiger partial charge in [0.25, 0.3) is 5.91 Å². The van der Waals surface area contributed by atoms with E-state index in [-0.39, 0.29) is 36.6 Å². The minimum atomic E-state index is -0.635. The van der Waals surface area contributed by atoms with Crippen molar-refractivity contribution in [2.24, 2.45) is 0 Å². The van der Waals surface area contributed by atoms with E-state index in [0.717, 1.165) is 11.1 Å².